The van der Waals surface area contributed by atoms with Crippen LogP contribution < -0.4 is 15.4 Å². The van der Waals surface area contributed by atoms with Crippen LogP contribution in [0.5, 0.6) is 5.75 Å². The fraction of sp³-hybridized carbons (Fsp3) is 0.138. The number of carbonyl (C=O) groups is 1. The zero-order chi connectivity index (χ0) is 24.6. The Balaban J connectivity index is 1.16. The largest absolute Gasteiger partial charge is 0.494 e. The Kier molecular flexibility index (Phi) is 7.18. The molecule has 5 aromatic rings. The quantitative estimate of drug-likeness (QED) is 0.269. The number of imidazole rings is 1. The number of carbonyl (C=O) groups excluding carboxylic acids is 1. The molecule has 0 bridgehead atoms. The van der Waals surface area contributed by atoms with Crippen LogP contribution in [-0.4, -0.2) is 33.6 Å². The van der Waals surface area contributed by atoms with Crippen molar-refractivity contribution in [3.8, 4) is 11.4 Å². The smallest absolute Gasteiger partial charge is 0.251 e. The zero-order valence-corrected chi connectivity index (χ0v) is 19.8. The third-order valence-electron chi connectivity index (χ3n) is 5.79. The highest BCUT2D eigenvalue weighted by Gasteiger charge is 2.10. The van der Waals surface area contributed by atoms with Gasteiger partial charge in [-0.2, -0.15) is 0 Å². The molecule has 0 saturated carbocycles. The highest BCUT2D eigenvalue weighted by atomic mass is 16.5. The highest BCUT2D eigenvalue weighted by molar-refractivity contribution is 5.97. The van der Waals surface area contributed by atoms with Gasteiger partial charge in [-0.15, -0.1) is 0 Å². The van der Waals surface area contributed by atoms with Gasteiger partial charge in [0.05, 0.1) is 17.6 Å². The summed E-state index contributed by atoms with van der Waals surface area (Å²) in [5, 5.41) is 6.36. The topological polar surface area (TPSA) is 81.1 Å². The molecule has 2 N–H and O–H groups in total. The molecule has 2 heterocycles. The van der Waals surface area contributed by atoms with E-state index in [-0.39, 0.29) is 5.91 Å². The van der Waals surface area contributed by atoms with E-state index in [0.717, 1.165) is 46.7 Å². The van der Waals surface area contributed by atoms with E-state index in [4.69, 9.17) is 4.74 Å². The number of fused-ring (bicyclic) bond motifs is 1. The molecule has 3 aromatic carbocycles. The van der Waals surface area contributed by atoms with Gasteiger partial charge in [0.25, 0.3) is 5.91 Å². The van der Waals surface area contributed by atoms with Gasteiger partial charge in [0.1, 0.15) is 12.1 Å². The first-order valence-corrected chi connectivity index (χ1v) is 11.9. The number of aromatic nitrogens is 3. The lowest BCUT2D eigenvalue weighted by molar-refractivity contribution is 0.0951. The predicted molar refractivity (Wildman–Crippen MR) is 142 cm³/mol. The van der Waals surface area contributed by atoms with E-state index in [2.05, 4.69) is 44.9 Å². The highest BCUT2D eigenvalue weighted by Crippen LogP contribution is 2.21. The predicted octanol–water partition coefficient (Wildman–Crippen LogP) is 5.23. The Hall–Kier alpha value is -4.65. The lowest BCUT2D eigenvalue weighted by atomic mass is 10.1. The second-order valence-electron chi connectivity index (χ2n) is 8.35. The second-order valence-corrected chi connectivity index (χ2v) is 8.35. The maximum Gasteiger partial charge on any atom is 0.251 e. The molecule has 180 valence electrons. The number of hydrogen-bond donors (Lipinski definition) is 2. The molecule has 0 aliphatic heterocycles. The Morgan fingerprint density at radius 2 is 1.81 bits per heavy atom. The molecule has 0 aliphatic rings. The number of benzene rings is 3. The molecule has 0 saturated heterocycles. The summed E-state index contributed by atoms with van der Waals surface area (Å²) < 4.78 is 7.75. The third-order valence-corrected chi connectivity index (χ3v) is 5.79. The van der Waals surface area contributed by atoms with Crippen LogP contribution in [0.2, 0.25) is 0 Å². The van der Waals surface area contributed by atoms with Gasteiger partial charge in [-0.25, -0.2) is 4.98 Å². The minimum Gasteiger partial charge on any atom is -0.494 e. The van der Waals surface area contributed by atoms with E-state index in [1.165, 1.54) is 0 Å². The van der Waals surface area contributed by atoms with Crippen molar-refractivity contribution in [3.05, 3.63) is 115 Å². The molecule has 2 aromatic heterocycles. The van der Waals surface area contributed by atoms with Gasteiger partial charge in [-0.3, -0.25) is 14.3 Å². The standard InChI is InChI=1S/C29H27N5O2/c35-29(32-20-22-6-4-15-30-19-22)23-9-14-28-27(18-23)33-21-34(28)25-12-10-24(11-13-25)31-16-5-17-36-26-7-2-1-3-8-26/h1-4,6-15,18-19,21,31H,5,16-17,20H2,(H,32,35). The Bertz CT molecular complexity index is 1420. The van der Waals surface area contributed by atoms with Gasteiger partial charge in [0, 0.05) is 42.4 Å². The summed E-state index contributed by atoms with van der Waals surface area (Å²) in [6.45, 7) is 1.92. The molecule has 0 atom stereocenters. The first kappa shape index (κ1) is 23.1. The zero-order valence-electron chi connectivity index (χ0n) is 19.8. The van der Waals surface area contributed by atoms with Crippen LogP contribution in [0, 0.1) is 0 Å². The van der Waals surface area contributed by atoms with Crippen LogP contribution in [0.4, 0.5) is 5.69 Å². The first-order valence-electron chi connectivity index (χ1n) is 11.9. The van der Waals surface area contributed by atoms with E-state index in [1.807, 2.05) is 65.2 Å². The van der Waals surface area contributed by atoms with Crippen molar-refractivity contribution in [2.24, 2.45) is 0 Å². The summed E-state index contributed by atoms with van der Waals surface area (Å²) in [4.78, 5) is 21.2. The average Bonchev–Trinajstić information content (AvgIpc) is 3.36. The average molecular weight is 478 g/mol. The second kappa shape index (κ2) is 11.2. The maximum absolute atomic E-state index is 12.6. The van der Waals surface area contributed by atoms with Crippen LogP contribution >= 0.6 is 0 Å². The minimum absolute atomic E-state index is 0.139. The van der Waals surface area contributed by atoms with E-state index in [1.54, 1.807) is 18.7 Å². The Morgan fingerprint density at radius 3 is 2.61 bits per heavy atom. The summed E-state index contributed by atoms with van der Waals surface area (Å²) in [5.41, 5.74) is 5.30. The molecule has 7 nitrogen and oxygen atoms in total. The van der Waals surface area contributed by atoms with Gasteiger partial charge < -0.3 is 15.4 Å². The summed E-state index contributed by atoms with van der Waals surface area (Å²) in [6.07, 6.45) is 6.14. The van der Waals surface area contributed by atoms with Gasteiger partial charge in [-0.1, -0.05) is 24.3 Å². The van der Waals surface area contributed by atoms with Crippen molar-refractivity contribution in [3.63, 3.8) is 0 Å². The fourth-order valence-corrected chi connectivity index (χ4v) is 3.90. The molecule has 0 radical (unpaired) electrons. The van der Waals surface area contributed by atoms with Crippen molar-refractivity contribution < 1.29 is 9.53 Å². The molecule has 0 aliphatic carbocycles. The van der Waals surface area contributed by atoms with Crippen LogP contribution in [-0.2, 0) is 6.54 Å². The normalized spacial score (nSPS) is 10.8. The maximum atomic E-state index is 12.6. The van der Waals surface area contributed by atoms with Crippen LogP contribution in [0.3, 0.4) is 0 Å². The van der Waals surface area contributed by atoms with Gasteiger partial charge in [0.15, 0.2) is 0 Å². The molecule has 0 spiro atoms. The van der Waals surface area contributed by atoms with Crippen LogP contribution in [0.25, 0.3) is 16.7 Å². The number of para-hydroxylation sites is 1. The summed E-state index contributed by atoms with van der Waals surface area (Å²) in [5.74, 6) is 0.756. The number of amides is 1. The number of rotatable bonds is 10. The monoisotopic (exact) mass is 477 g/mol. The van der Waals surface area contributed by atoms with Gasteiger partial charge in [-0.05, 0) is 72.6 Å². The number of anilines is 1. The minimum atomic E-state index is -0.139. The van der Waals surface area contributed by atoms with Crippen molar-refractivity contribution in [2.75, 3.05) is 18.5 Å². The van der Waals surface area contributed by atoms with E-state index >= 15 is 0 Å². The first-order chi connectivity index (χ1) is 17.8. The Labute approximate surface area is 209 Å². The number of hydrogen-bond acceptors (Lipinski definition) is 5. The van der Waals surface area contributed by atoms with Gasteiger partial charge in [0.2, 0.25) is 0 Å². The lowest BCUT2D eigenvalue weighted by Crippen LogP contribution is -2.22. The molecule has 36 heavy (non-hydrogen) atoms. The third kappa shape index (κ3) is 5.70. The molecular weight excluding hydrogens is 450 g/mol. The molecule has 0 unspecified atom stereocenters. The van der Waals surface area contributed by atoms with Crippen molar-refractivity contribution in [1.29, 1.82) is 0 Å². The van der Waals surface area contributed by atoms with E-state index < -0.39 is 0 Å². The van der Waals surface area contributed by atoms with Crippen LogP contribution in [0.15, 0.2) is 104 Å². The number of nitrogens with one attached hydrogen (secondary N) is 2. The SMILES string of the molecule is O=C(NCc1cccnc1)c1ccc2c(c1)ncn2-c1ccc(NCCCOc2ccccc2)cc1. The number of nitrogens with zero attached hydrogens (tertiary/aromatic N) is 3. The van der Waals surface area contributed by atoms with Crippen molar-refractivity contribution in [1.82, 2.24) is 19.9 Å². The molecule has 5 rings (SSSR count). The van der Waals surface area contributed by atoms with Gasteiger partial charge >= 0.3 is 0 Å². The fourth-order valence-electron chi connectivity index (χ4n) is 3.90. The van der Waals surface area contributed by atoms with E-state index in [0.29, 0.717) is 18.7 Å². The van der Waals surface area contributed by atoms with Crippen LogP contribution in [0.1, 0.15) is 22.3 Å². The molecule has 1 amide bonds. The Morgan fingerprint density at radius 1 is 0.944 bits per heavy atom. The summed E-state index contributed by atoms with van der Waals surface area (Å²) in [6, 6.07) is 27.4. The molecule has 7 heteroatoms. The van der Waals surface area contributed by atoms with Crippen molar-refractivity contribution in [2.45, 2.75) is 13.0 Å². The van der Waals surface area contributed by atoms with Crippen molar-refractivity contribution >= 4 is 22.6 Å². The lowest BCUT2D eigenvalue weighted by Gasteiger charge is -2.10. The number of pyridine rings is 1. The summed E-state index contributed by atoms with van der Waals surface area (Å²) in [7, 11) is 0. The number of ether oxygens (including phenoxy) is 1. The molecule has 0 fully saturated rings. The summed E-state index contributed by atoms with van der Waals surface area (Å²) >= 11 is 0. The molecular formula is C29H27N5O2. The van der Waals surface area contributed by atoms with E-state index in [9.17, 15) is 4.79 Å².